The normalized spacial score (nSPS) is 37.9. The van der Waals surface area contributed by atoms with Crippen molar-refractivity contribution in [1.29, 1.82) is 5.26 Å². The van der Waals surface area contributed by atoms with Gasteiger partial charge in [-0.3, -0.25) is 4.79 Å². The van der Waals surface area contributed by atoms with Gasteiger partial charge in [-0.25, -0.2) is 0 Å². The number of nitrogens with zero attached hydrogens (tertiary/aromatic N) is 1. The van der Waals surface area contributed by atoms with Crippen LogP contribution in [0.2, 0.25) is 0 Å². The third kappa shape index (κ3) is 1.60. The maximum atomic E-state index is 12.1. The fourth-order valence-electron chi connectivity index (χ4n) is 5.66. The third-order valence-electron chi connectivity index (χ3n) is 5.89. The zero-order valence-electron chi connectivity index (χ0n) is 11.9. The van der Waals surface area contributed by atoms with E-state index in [1.165, 1.54) is 38.5 Å². The van der Waals surface area contributed by atoms with Gasteiger partial charge in [0.1, 0.15) is 11.6 Å². The van der Waals surface area contributed by atoms with Crippen molar-refractivity contribution in [3.8, 4) is 6.07 Å². The molecule has 3 heteroatoms. The first-order valence-corrected chi connectivity index (χ1v) is 7.74. The van der Waals surface area contributed by atoms with Gasteiger partial charge in [0, 0.05) is 5.69 Å². The molecule has 4 bridgehead atoms. The predicted octanol–water partition coefficient (Wildman–Crippen LogP) is 3.02. The molecule has 0 amide bonds. The Labute approximate surface area is 119 Å². The minimum Gasteiger partial charge on any atom is -0.325 e. The van der Waals surface area contributed by atoms with E-state index in [4.69, 9.17) is 0 Å². The number of nitriles is 1. The first-order chi connectivity index (χ1) is 9.59. The number of nitrogens with one attached hydrogen (secondary N) is 1. The number of H-pyrrole nitrogens is 1. The van der Waals surface area contributed by atoms with Crippen LogP contribution in [0.4, 0.5) is 0 Å². The summed E-state index contributed by atoms with van der Waals surface area (Å²) in [6.45, 7) is 1.92. The summed E-state index contributed by atoms with van der Waals surface area (Å²) in [4.78, 5) is 14.9. The van der Waals surface area contributed by atoms with Crippen LogP contribution in [0.15, 0.2) is 10.9 Å². The molecule has 5 rings (SSSR count). The molecule has 4 fully saturated rings. The summed E-state index contributed by atoms with van der Waals surface area (Å²) in [5.74, 6) is 2.48. The van der Waals surface area contributed by atoms with Crippen molar-refractivity contribution in [3.05, 3.63) is 33.2 Å². The second-order valence-electron chi connectivity index (χ2n) is 7.38. The monoisotopic (exact) mass is 268 g/mol. The Hall–Kier alpha value is -1.56. The topological polar surface area (TPSA) is 56.6 Å². The molecular formula is C17H20N2O. The average molecular weight is 268 g/mol. The van der Waals surface area contributed by atoms with E-state index in [9.17, 15) is 10.1 Å². The van der Waals surface area contributed by atoms with Crippen LogP contribution in [0.25, 0.3) is 0 Å². The number of pyridine rings is 1. The van der Waals surface area contributed by atoms with Gasteiger partial charge in [-0.05, 0) is 80.2 Å². The lowest BCUT2D eigenvalue weighted by molar-refractivity contribution is -0.00541. The van der Waals surface area contributed by atoms with Gasteiger partial charge in [-0.15, -0.1) is 0 Å². The van der Waals surface area contributed by atoms with E-state index < -0.39 is 0 Å². The van der Waals surface area contributed by atoms with E-state index in [-0.39, 0.29) is 11.0 Å². The standard InChI is InChI=1S/C17H20N2O/c1-10-2-15(14(9-18)16(20)19-10)17-6-11-3-12(7-17)5-13(4-11)8-17/h2,11-13H,3-8H2,1H3,(H,19,20). The second-order valence-corrected chi connectivity index (χ2v) is 7.38. The SMILES string of the molecule is Cc1cc(C23CC4CC(CC(C4)C2)C3)c(C#N)c(=O)[nH]1. The molecule has 1 aromatic rings. The van der Waals surface area contributed by atoms with E-state index in [1.807, 2.05) is 6.92 Å². The minimum absolute atomic E-state index is 0.124. The van der Waals surface area contributed by atoms with Crippen LogP contribution in [0.1, 0.15) is 55.3 Å². The van der Waals surface area contributed by atoms with E-state index in [0.29, 0.717) is 5.56 Å². The number of aryl methyl sites for hydroxylation is 1. The summed E-state index contributed by atoms with van der Waals surface area (Å²) >= 11 is 0. The first kappa shape index (κ1) is 12.2. The molecule has 0 saturated heterocycles. The van der Waals surface area contributed by atoms with Crippen LogP contribution >= 0.6 is 0 Å². The third-order valence-corrected chi connectivity index (χ3v) is 5.89. The highest BCUT2D eigenvalue weighted by Gasteiger charge is 2.52. The fourth-order valence-corrected chi connectivity index (χ4v) is 5.66. The van der Waals surface area contributed by atoms with Crippen LogP contribution in [0, 0.1) is 36.0 Å². The number of aromatic nitrogens is 1. The van der Waals surface area contributed by atoms with Gasteiger partial charge in [0.25, 0.3) is 5.56 Å². The van der Waals surface area contributed by atoms with Gasteiger partial charge in [0.15, 0.2) is 0 Å². The molecule has 4 saturated carbocycles. The Balaban J connectivity index is 1.89. The van der Waals surface area contributed by atoms with Gasteiger partial charge >= 0.3 is 0 Å². The van der Waals surface area contributed by atoms with Crippen LogP contribution in [-0.2, 0) is 5.41 Å². The molecule has 0 aromatic carbocycles. The summed E-state index contributed by atoms with van der Waals surface area (Å²) in [5.41, 5.74) is 2.25. The largest absolute Gasteiger partial charge is 0.325 e. The van der Waals surface area contributed by atoms with Crippen molar-refractivity contribution in [1.82, 2.24) is 4.98 Å². The molecule has 0 atom stereocenters. The van der Waals surface area contributed by atoms with Gasteiger partial charge in [-0.1, -0.05) is 0 Å². The molecule has 1 heterocycles. The smallest absolute Gasteiger partial charge is 0.266 e. The molecule has 0 aliphatic heterocycles. The lowest BCUT2D eigenvalue weighted by Crippen LogP contribution is -2.49. The molecule has 0 radical (unpaired) electrons. The molecule has 4 aliphatic rings. The number of hydrogen-bond donors (Lipinski definition) is 1. The highest BCUT2D eigenvalue weighted by molar-refractivity contribution is 5.43. The number of rotatable bonds is 1. The Morgan fingerprint density at radius 3 is 2.25 bits per heavy atom. The van der Waals surface area contributed by atoms with Crippen LogP contribution < -0.4 is 5.56 Å². The van der Waals surface area contributed by atoms with E-state index in [0.717, 1.165) is 29.0 Å². The summed E-state index contributed by atoms with van der Waals surface area (Å²) < 4.78 is 0. The van der Waals surface area contributed by atoms with Crippen molar-refractivity contribution in [2.24, 2.45) is 17.8 Å². The summed E-state index contributed by atoms with van der Waals surface area (Å²) in [7, 11) is 0. The average Bonchev–Trinajstić information content (AvgIpc) is 2.36. The molecule has 20 heavy (non-hydrogen) atoms. The highest BCUT2D eigenvalue weighted by Crippen LogP contribution is 2.60. The van der Waals surface area contributed by atoms with Gasteiger partial charge in [-0.2, -0.15) is 5.26 Å². The molecule has 104 valence electrons. The molecule has 0 spiro atoms. The Bertz CT molecular complexity index is 629. The lowest BCUT2D eigenvalue weighted by atomic mass is 9.47. The molecule has 1 N–H and O–H groups in total. The maximum Gasteiger partial charge on any atom is 0.266 e. The molecule has 1 aromatic heterocycles. The molecular weight excluding hydrogens is 248 g/mol. The molecule has 0 unspecified atom stereocenters. The van der Waals surface area contributed by atoms with Crippen molar-refractivity contribution < 1.29 is 0 Å². The molecule has 3 nitrogen and oxygen atoms in total. The van der Waals surface area contributed by atoms with E-state index in [2.05, 4.69) is 17.1 Å². The predicted molar refractivity (Wildman–Crippen MR) is 76.4 cm³/mol. The van der Waals surface area contributed by atoms with Gasteiger partial charge in [0.2, 0.25) is 0 Å². The Kier molecular flexibility index (Phi) is 2.42. The van der Waals surface area contributed by atoms with Crippen LogP contribution in [-0.4, -0.2) is 4.98 Å². The van der Waals surface area contributed by atoms with Crippen LogP contribution in [0.5, 0.6) is 0 Å². The highest BCUT2D eigenvalue weighted by atomic mass is 16.1. The van der Waals surface area contributed by atoms with E-state index in [1.54, 1.807) is 0 Å². The summed E-state index contributed by atoms with van der Waals surface area (Å²) in [5, 5.41) is 9.42. The summed E-state index contributed by atoms with van der Waals surface area (Å²) in [6, 6.07) is 4.25. The number of aromatic amines is 1. The summed E-state index contributed by atoms with van der Waals surface area (Å²) in [6.07, 6.45) is 7.71. The first-order valence-electron chi connectivity index (χ1n) is 7.74. The Morgan fingerprint density at radius 2 is 1.75 bits per heavy atom. The zero-order chi connectivity index (χ0) is 13.9. The van der Waals surface area contributed by atoms with Crippen molar-refractivity contribution in [2.45, 2.75) is 50.9 Å². The van der Waals surface area contributed by atoms with Crippen molar-refractivity contribution in [2.75, 3.05) is 0 Å². The van der Waals surface area contributed by atoms with Crippen molar-refractivity contribution >= 4 is 0 Å². The zero-order valence-corrected chi connectivity index (χ0v) is 11.9. The van der Waals surface area contributed by atoms with Crippen LogP contribution in [0.3, 0.4) is 0 Å². The van der Waals surface area contributed by atoms with E-state index >= 15 is 0 Å². The minimum atomic E-state index is -0.196. The van der Waals surface area contributed by atoms with Gasteiger partial charge < -0.3 is 4.98 Å². The lowest BCUT2D eigenvalue weighted by Gasteiger charge is -2.57. The quantitative estimate of drug-likeness (QED) is 0.851. The maximum absolute atomic E-state index is 12.1. The Morgan fingerprint density at radius 1 is 1.20 bits per heavy atom. The van der Waals surface area contributed by atoms with Gasteiger partial charge in [0.05, 0.1) is 0 Å². The number of hydrogen-bond acceptors (Lipinski definition) is 2. The van der Waals surface area contributed by atoms with Crippen molar-refractivity contribution in [3.63, 3.8) is 0 Å². The fraction of sp³-hybridized carbons (Fsp3) is 0.647. The second kappa shape index (κ2) is 3.97. The molecule has 4 aliphatic carbocycles.